The average molecular weight is 484 g/mol. The van der Waals surface area contributed by atoms with Crippen molar-refractivity contribution in [3.63, 3.8) is 0 Å². The first-order valence-corrected chi connectivity index (χ1v) is 11.8. The van der Waals surface area contributed by atoms with Crippen molar-refractivity contribution in [1.29, 1.82) is 0 Å². The van der Waals surface area contributed by atoms with Crippen molar-refractivity contribution < 1.29 is 18.7 Å². The number of rotatable bonds is 5. The Labute approximate surface area is 195 Å². The Kier molecular flexibility index (Phi) is 4.97. The smallest absolute Gasteiger partial charge is 0.308 e. The Morgan fingerprint density at radius 1 is 1.12 bits per heavy atom. The molecule has 4 aromatic heterocycles. The molecule has 3 N–H and O–H groups in total. The molecule has 0 aromatic carbocycles. The van der Waals surface area contributed by atoms with Crippen molar-refractivity contribution >= 4 is 34.3 Å². The second kappa shape index (κ2) is 8.05. The van der Waals surface area contributed by atoms with Gasteiger partial charge in [0.2, 0.25) is 5.95 Å². The van der Waals surface area contributed by atoms with Gasteiger partial charge in [-0.15, -0.1) is 11.3 Å². The Morgan fingerprint density at radius 3 is 2.65 bits per heavy atom. The number of hydrogen-bond donors (Lipinski definition) is 3. The van der Waals surface area contributed by atoms with Crippen molar-refractivity contribution in [2.45, 2.75) is 31.7 Å². The summed E-state index contributed by atoms with van der Waals surface area (Å²) < 4.78 is 29.5. The van der Waals surface area contributed by atoms with Gasteiger partial charge in [-0.05, 0) is 37.5 Å². The number of hydrogen-bond acceptors (Lipinski definition) is 8. The number of nitrogens with one attached hydrogen (secondary N) is 2. The van der Waals surface area contributed by atoms with Crippen LogP contribution in [-0.4, -0.2) is 47.0 Å². The molecular formula is C22H19F2N7O2S. The van der Waals surface area contributed by atoms with Gasteiger partial charge in [0.1, 0.15) is 16.2 Å². The maximum atomic E-state index is 15.7. The average Bonchev–Trinajstić information content (AvgIpc) is 3.51. The van der Waals surface area contributed by atoms with E-state index >= 15 is 4.39 Å². The number of nitrogens with zero attached hydrogens (tertiary/aromatic N) is 5. The zero-order valence-corrected chi connectivity index (χ0v) is 18.5. The molecule has 3 aliphatic carbocycles. The van der Waals surface area contributed by atoms with E-state index in [1.165, 1.54) is 17.5 Å². The van der Waals surface area contributed by atoms with E-state index in [0.717, 1.165) is 31.9 Å². The molecule has 3 aliphatic rings. The van der Waals surface area contributed by atoms with Gasteiger partial charge in [0, 0.05) is 23.8 Å². The summed E-state index contributed by atoms with van der Waals surface area (Å²) in [6, 6.07) is -0.452. The minimum absolute atomic E-state index is 0.0194. The van der Waals surface area contributed by atoms with Crippen LogP contribution in [-0.2, 0) is 4.79 Å². The summed E-state index contributed by atoms with van der Waals surface area (Å²) in [6.45, 7) is 0. The highest BCUT2D eigenvalue weighted by Crippen LogP contribution is 2.46. The number of fused-ring (bicyclic) bond motifs is 4. The van der Waals surface area contributed by atoms with E-state index in [4.69, 9.17) is 0 Å². The van der Waals surface area contributed by atoms with E-state index in [9.17, 15) is 14.3 Å². The molecule has 0 radical (unpaired) electrons. The van der Waals surface area contributed by atoms with E-state index in [1.807, 2.05) is 0 Å². The van der Waals surface area contributed by atoms with Crippen molar-refractivity contribution in [3.05, 3.63) is 35.7 Å². The molecule has 174 valence electrons. The van der Waals surface area contributed by atoms with Crippen molar-refractivity contribution in [2.75, 3.05) is 5.32 Å². The van der Waals surface area contributed by atoms with Gasteiger partial charge in [-0.3, -0.25) is 4.79 Å². The van der Waals surface area contributed by atoms with Gasteiger partial charge in [0.05, 0.1) is 17.7 Å². The Balaban J connectivity index is 1.49. The minimum atomic E-state index is -0.885. The third-order valence-corrected chi connectivity index (χ3v) is 7.67. The molecular weight excluding hydrogens is 464 g/mol. The third kappa shape index (κ3) is 3.40. The fourth-order valence-electron chi connectivity index (χ4n) is 5.36. The number of thiazole rings is 1. The monoisotopic (exact) mass is 483 g/mol. The molecule has 9 nitrogen and oxygen atoms in total. The number of carboxylic acids is 1. The number of halogens is 2. The zero-order valence-electron chi connectivity index (χ0n) is 17.7. The minimum Gasteiger partial charge on any atom is -0.481 e. The van der Waals surface area contributed by atoms with Crippen LogP contribution in [0.4, 0.5) is 14.6 Å². The Bertz CT molecular complexity index is 1390. The first kappa shape index (κ1) is 21.0. The first-order chi connectivity index (χ1) is 16.5. The van der Waals surface area contributed by atoms with Gasteiger partial charge in [-0.2, -0.15) is 4.39 Å². The number of aromatic nitrogens is 6. The Morgan fingerprint density at radius 2 is 1.91 bits per heavy atom. The molecule has 0 amide bonds. The maximum Gasteiger partial charge on any atom is 0.308 e. The highest BCUT2D eigenvalue weighted by Gasteiger charge is 2.47. The second-order valence-corrected chi connectivity index (χ2v) is 9.59. The van der Waals surface area contributed by atoms with Gasteiger partial charge in [-0.25, -0.2) is 29.3 Å². The van der Waals surface area contributed by atoms with Crippen LogP contribution in [0.1, 0.15) is 25.7 Å². The van der Waals surface area contributed by atoms with Crippen LogP contribution in [0.15, 0.2) is 24.0 Å². The van der Waals surface area contributed by atoms with E-state index < -0.39 is 29.7 Å². The van der Waals surface area contributed by atoms with Crippen LogP contribution in [0.25, 0.3) is 33.3 Å². The summed E-state index contributed by atoms with van der Waals surface area (Å²) in [6.07, 6.45) is 7.58. The molecule has 7 rings (SSSR count). The highest BCUT2D eigenvalue weighted by molar-refractivity contribution is 7.13. The summed E-state index contributed by atoms with van der Waals surface area (Å²) in [5.41, 5.74) is 0.879. The number of carbonyl (C=O) groups is 1. The second-order valence-electron chi connectivity index (χ2n) is 8.70. The number of anilines is 1. The maximum absolute atomic E-state index is 15.7. The van der Waals surface area contributed by atoms with Crippen LogP contribution in [0.2, 0.25) is 0 Å². The number of aromatic amines is 1. The molecule has 0 unspecified atom stereocenters. The summed E-state index contributed by atoms with van der Waals surface area (Å²) >= 11 is 1.22. The van der Waals surface area contributed by atoms with E-state index in [-0.39, 0.29) is 34.7 Å². The molecule has 4 aromatic rings. The van der Waals surface area contributed by atoms with Crippen LogP contribution in [0.5, 0.6) is 0 Å². The molecule has 3 fully saturated rings. The summed E-state index contributed by atoms with van der Waals surface area (Å²) in [5.74, 6) is -2.82. The quantitative estimate of drug-likeness (QED) is 0.387. The van der Waals surface area contributed by atoms with Gasteiger partial charge >= 0.3 is 5.97 Å². The lowest BCUT2D eigenvalue weighted by Gasteiger charge is -2.47. The van der Waals surface area contributed by atoms with E-state index in [0.29, 0.717) is 16.2 Å². The van der Waals surface area contributed by atoms with Crippen LogP contribution in [0.3, 0.4) is 0 Å². The van der Waals surface area contributed by atoms with Crippen molar-refractivity contribution in [3.8, 4) is 22.1 Å². The lowest BCUT2D eigenvalue weighted by molar-refractivity contribution is -0.148. The molecule has 2 atom stereocenters. The van der Waals surface area contributed by atoms with Crippen LogP contribution in [0, 0.1) is 29.5 Å². The number of aliphatic carboxylic acids is 1. The van der Waals surface area contributed by atoms with E-state index in [2.05, 4.69) is 35.2 Å². The zero-order chi connectivity index (χ0) is 23.4. The molecule has 0 saturated heterocycles. The lowest BCUT2D eigenvalue weighted by Crippen LogP contribution is -2.51. The van der Waals surface area contributed by atoms with Crippen molar-refractivity contribution in [1.82, 2.24) is 29.9 Å². The predicted molar refractivity (Wildman–Crippen MR) is 120 cm³/mol. The van der Waals surface area contributed by atoms with Crippen molar-refractivity contribution in [2.24, 2.45) is 17.8 Å². The SMILES string of the molecule is O=C(O)[C@H]1C2CCC(CC2)[C@@H]1Nc1nc(-c2c[nH]c3ncc(F)nc23)nc(-c2nccs2)c1F. The normalized spacial score (nSPS) is 23.9. The first-order valence-electron chi connectivity index (χ1n) is 11.0. The van der Waals surface area contributed by atoms with E-state index in [1.54, 1.807) is 11.6 Å². The highest BCUT2D eigenvalue weighted by atomic mass is 32.1. The molecule has 34 heavy (non-hydrogen) atoms. The molecule has 0 spiro atoms. The largest absolute Gasteiger partial charge is 0.481 e. The fraction of sp³-hybridized carbons (Fsp3) is 0.364. The molecule has 3 saturated carbocycles. The van der Waals surface area contributed by atoms with Gasteiger partial charge < -0.3 is 15.4 Å². The van der Waals surface area contributed by atoms with Crippen LogP contribution >= 0.6 is 11.3 Å². The molecule has 4 heterocycles. The fourth-order valence-corrected chi connectivity index (χ4v) is 5.98. The summed E-state index contributed by atoms with van der Waals surface area (Å²) in [4.78, 5) is 35.8. The summed E-state index contributed by atoms with van der Waals surface area (Å²) in [5, 5.41) is 15.1. The van der Waals surface area contributed by atoms with Crippen LogP contribution < -0.4 is 5.32 Å². The lowest BCUT2D eigenvalue weighted by atomic mass is 9.61. The van der Waals surface area contributed by atoms with Gasteiger partial charge in [0.15, 0.2) is 23.1 Å². The standard InChI is InChI=1S/C22H19F2N7O2S/c23-12-8-27-20-16(28-12)11(7-26-20)18-30-17(21-25-5-6-34-21)14(24)19(31-18)29-15-10-3-1-9(2-4-10)13(15)22(32)33/h5-10,13,15H,1-4H2,(H,26,27)(H,32,33)(H,29,30,31)/t9?,10?,13-,15-/m0/s1. The molecule has 12 heteroatoms. The summed E-state index contributed by atoms with van der Waals surface area (Å²) in [7, 11) is 0. The third-order valence-electron chi connectivity index (χ3n) is 6.89. The number of H-pyrrole nitrogens is 1. The van der Waals surface area contributed by atoms with Gasteiger partial charge in [-0.1, -0.05) is 0 Å². The molecule has 2 bridgehead atoms. The number of carboxylic acid groups (broad SMARTS) is 1. The predicted octanol–water partition coefficient (Wildman–Crippen LogP) is 4.12. The topological polar surface area (TPSA) is 130 Å². The van der Waals surface area contributed by atoms with Gasteiger partial charge in [0.25, 0.3) is 0 Å². The Hall–Kier alpha value is -3.54. The molecule has 0 aliphatic heterocycles.